The lowest BCUT2D eigenvalue weighted by Crippen LogP contribution is -2.21. The fourth-order valence-electron chi connectivity index (χ4n) is 3.27. The topological polar surface area (TPSA) is 81.0 Å². The van der Waals surface area contributed by atoms with Crippen molar-refractivity contribution in [3.8, 4) is 28.5 Å². The maximum Gasteiger partial charge on any atom is 0.213 e. The fourth-order valence-corrected chi connectivity index (χ4v) is 4.19. The first kappa shape index (κ1) is 17.7. The third-order valence-corrected chi connectivity index (χ3v) is 5.78. The van der Waals surface area contributed by atoms with Crippen LogP contribution in [0.1, 0.15) is 12.5 Å². The average molecular weight is 402 g/mol. The van der Waals surface area contributed by atoms with Gasteiger partial charge in [0.2, 0.25) is 11.0 Å². The van der Waals surface area contributed by atoms with Crippen molar-refractivity contribution in [3.63, 3.8) is 0 Å². The molecule has 29 heavy (non-hydrogen) atoms. The molecule has 0 saturated heterocycles. The SMILES string of the molecule is COc1cccc(C2=Nn3c(nnc3-c3cc(-c4ccccc4)n[nH]3)SC2C)c1. The monoisotopic (exact) mass is 402 g/mol. The molecule has 3 heterocycles. The van der Waals surface area contributed by atoms with Crippen molar-refractivity contribution in [2.24, 2.45) is 5.10 Å². The van der Waals surface area contributed by atoms with Gasteiger partial charge in [0.05, 0.1) is 23.8 Å². The molecule has 0 bridgehead atoms. The van der Waals surface area contributed by atoms with E-state index in [1.807, 2.05) is 60.7 Å². The minimum atomic E-state index is 0.147. The first-order chi connectivity index (χ1) is 14.2. The summed E-state index contributed by atoms with van der Waals surface area (Å²) in [5.74, 6) is 1.44. The molecule has 0 amide bonds. The van der Waals surface area contributed by atoms with Crippen LogP contribution in [0.15, 0.2) is 70.9 Å². The number of aromatic nitrogens is 5. The van der Waals surface area contributed by atoms with Gasteiger partial charge in [-0.1, -0.05) is 54.2 Å². The molecule has 0 saturated carbocycles. The van der Waals surface area contributed by atoms with E-state index in [0.29, 0.717) is 5.82 Å². The number of hydrogen-bond acceptors (Lipinski definition) is 6. The van der Waals surface area contributed by atoms with Crippen molar-refractivity contribution in [2.75, 3.05) is 7.11 Å². The zero-order valence-electron chi connectivity index (χ0n) is 15.9. The van der Waals surface area contributed by atoms with Crippen LogP contribution in [0.5, 0.6) is 5.75 Å². The lowest BCUT2D eigenvalue weighted by atomic mass is 10.1. The Morgan fingerprint density at radius 2 is 1.83 bits per heavy atom. The molecule has 144 valence electrons. The van der Waals surface area contributed by atoms with Gasteiger partial charge in [-0.2, -0.15) is 14.9 Å². The van der Waals surface area contributed by atoms with E-state index in [1.165, 1.54) is 0 Å². The van der Waals surface area contributed by atoms with Crippen LogP contribution < -0.4 is 4.74 Å². The average Bonchev–Trinajstić information content (AvgIpc) is 3.40. The highest BCUT2D eigenvalue weighted by Crippen LogP contribution is 2.33. The zero-order valence-corrected chi connectivity index (χ0v) is 16.7. The summed E-state index contributed by atoms with van der Waals surface area (Å²) in [6, 6.07) is 19.9. The first-order valence-corrected chi connectivity index (χ1v) is 10.1. The molecule has 7 nitrogen and oxygen atoms in total. The third-order valence-electron chi connectivity index (χ3n) is 4.74. The van der Waals surface area contributed by atoms with Gasteiger partial charge < -0.3 is 4.74 Å². The molecule has 4 aromatic rings. The number of methoxy groups -OCH3 is 1. The largest absolute Gasteiger partial charge is 0.497 e. The number of thioether (sulfide) groups is 1. The fraction of sp³-hybridized carbons (Fsp3) is 0.143. The lowest BCUT2D eigenvalue weighted by molar-refractivity contribution is 0.414. The highest BCUT2D eigenvalue weighted by atomic mass is 32.2. The van der Waals surface area contributed by atoms with Crippen LogP contribution in [0.25, 0.3) is 22.8 Å². The normalized spacial score (nSPS) is 15.7. The number of benzene rings is 2. The molecule has 0 radical (unpaired) electrons. The van der Waals surface area contributed by atoms with E-state index in [2.05, 4.69) is 27.3 Å². The van der Waals surface area contributed by atoms with Crippen LogP contribution in [0, 0.1) is 0 Å². The van der Waals surface area contributed by atoms with Gasteiger partial charge in [0.25, 0.3) is 0 Å². The molecule has 2 aromatic carbocycles. The quantitative estimate of drug-likeness (QED) is 0.556. The van der Waals surface area contributed by atoms with E-state index in [-0.39, 0.29) is 5.25 Å². The van der Waals surface area contributed by atoms with E-state index in [0.717, 1.165) is 39.1 Å². The van der Waals surface area contributed by atoms with E-state index in [4.69, 9.17) is 9.84 Å². The Morgan fingerprint density at radius 1 is 1.00 bits per heavy atom. The van der Waals surface area contributed by atoms with E-state index < -0.39 is 0 Å². The molecule has 1 N–H and O–H groups in total. The second-order valence-corrected chi connectivity index (χ2v) is 7.94. The van der Waals surface area contributed by atoms with Crippen LogP contribution in [-0.2, 0) is 0 Å². The molecule has 0 aliphatic carbocycles. The molecular weight excluding hydrogens is 384 g/mol. The van der Waals surface area contributed by atoms with Crippen molar-refractivity contribution in [1.82, 2.24) is 25.1 Å². The highest BCUT2D eigenvalue weighted by Gasteiger charge is 2.27. The molecule has 0 fully saturated rings. The predicted molar refractivity (Wildman–Crippen MR) is 113 cm³/mol. The molecule has 1 unspecified atom stereocenters. The molecule has 1 atom stereocenters. The van der Waals surface area contributed by atoms with Crippen LogP contribution in [0.2, 0.25) is 0 Å². The van der Waals surface area contributed by atoms with Gasteiger partial charge in [-0.3, -0.25) is 5.10 Å². The summed E-state index contributed by atoms with van der Waals surface area (Å²) >= 11 is 1.63. The minimum absolute atomic E-state index is 0.147. The van der Waals surface area contributed by atoms with Crippen molar-refractivity contribution < 1.29 is 4.74 Å². The predicted octanol–water partition coefficient (Wildman–Crippen LogP) is 4.09. The Morgan fingerprint density at radius 3 is 2.66 bits per heavy atom. The summed E-state index contributed by atoms with van der Waals surface area (Å²) in [6.45, 7) is 2.12. The molecule has 8 heteroatoms. The van der Waals surface area contributed by atoms with Crippen molar-refractivity contribution in [2.45, 2.75) is 17.3 Å². The minimum Gasteiger partial charge on any atom is -0.497 e. The number of H-pyrrole nitrogens is 1. The van der Waals surface area contributed by atoms with E-state index >= 15 is 0 Å². The Bertz CT molecular complexity index is 1200. The number of nitrogens with zero attached hydrogens (tertiary/aromatic N) is 5. The molecule has 2 aromatic heterocycles. The van der Waals surface area contributed by atoms with Crippen molar-refractivity contribution in [1.29, 1.82) is 0 Å². The number of rotatable bonds is 4. The van der Waals surface area contributed by atoms with Crippen LogP contribution in [0.4, 0.5) is 0 Å². The van der Waals surface area contributed by atoms with Crippen LogP contribution in [0.3, 0.4) is 0 Å². The Labute approximate surface area is 171 Å². The van der Waals surface area contributed by atoms with Gasteiger partial charge in [-0.15, -0.1) is 10.2 Å². The number of fused-ring (bicyclic) bond motifs is 1. The number of aromatic amines is 1. The van der Waals surface area contributed by atoms with E-state index in [1.54, 1.807) is 23.5 Å². The maximum atomic E-state index is 5.37. The molecule has 1 aliphatic heterocycles. The maximum absolute atomic E-state index is 5.37. The summed E-state index contributed by atoms with van der Waals surface area (Å²) in [6.07, 6.45) is 0. The Hall–Kier alpha value is -3.39. The van der Waals surface area contributed by atoms with Crippen LogP contribution in [-0.4, -0.2) is 43.1 Å². The third kappa shape index (κ3) is 3.21. The summed E-state index contributed by atoms with van der Waals surface area (Å²) < 4.78 is 7.15. The summed E-state index contributed by atoms with van der Waals surface area (Å²) in [7, 11) is 1.67. The van der Waals surface area contributed by atoms with Crippen molar-refractivity contribution in [3.05, 3.63) is 66.2 Å². The molecule has 0 spiro atoms. The second-order valence-electron chi connectivity index (χ2n) is 6.63. The number of hydrogen-bond donors (Lipinski definition) is 1. The Balaban J connectivity index is 1.56. The highest BCUT2D eigenvalue weighted by molar-refractivity contribution is 8.00. The summed E-state index contributed by atoms with van der Waals surface area (Å²) in [5.41, 5.74) is 4.63. The smallest absolute Gasteiger partial charge is 0.213 e. The first-order valence-electron chi connectivity index (χ1n) is 9.19. The van der Waals surface area contributed by atoms with Gasteiger partial charge in [-0.25, -0.2) is 0 Å². The Kier molecular flexibility index (Phi) is 4.40. The zero-order chi connectivity index (χ0) is 19.8. The number of ether oxygens (including phenoxy) is 1. The number of nitrogens with one attached hydrogen (secondary N) is 1. The van der Waals surface area contributed by atoms with Crippen LogP contribution >= 0.6 is 11.8 Å². The van der Waals surface area contributed by atoms with Gasteiger partial charge in [0, 0.05) is 11.1 Å². The lowest BCUT2D eigenvalue weighted by Gasteiger charge is -2.20. The molecule has 5 rings (SSSR count). The second kappa shape index (κ2) is 7.21. The van der Waals surface area contributed by atoms with Crippen molar-refractivity contribution >= 4 is 17.5 Å². The van der Waals surface area contributed by atoms with E-state index in [9.17, 15) is 0 Å². The molecule has 1 aliphatic rings. The molecular formula is C21H18N6OS. The van der Waals surface area contributed by atoms with Gasteiger partial charge >= 0.3 is 0 Å². The standard InChI is InChI=1S/C21H18N6OS/c1-13-19(15-9-6-10-16(11-15)28-2)26-27-20(24-25-21(27)29-13)18-12-17(22-23-18)14-7-4-3-5-8-14/h3-13H,1-2H3,(H,22,23). The summed E-state index contributed by atoms with van der Waals surface area (Å²) in [5, 5.41) is 22.0. The van der Waals surface area contributed by atoms with Gasteiger partial charge in [0.1, 0.15) is 11.4 Å². The van der Waals surface area contributed by atoms with Gasteiger partial charge in [-0.05, 0) is 25.1 Å². The summed E-state index contributed by atoms with van der Waals surface area (Å²) in [4.78, 5) is 0. The van der Waals surface area contributed by atoms with Gasteiger partial charge in [0.15, 0.2) is 0 Å².